The Hall–Kier alpha value is -1.46. The zero-order valence-corrected chi connectivity index (χ0v) is 13.1. The molecule has 0 spiro atoms. The molecule has 120 valence electrons. The molecule has 0 saturated carbocycles. The van der Waals surface area contributed by atoms with Crippen LogP contribution < -0.4 is 0 Å². The molecule has 0 bridgehead atoms. The number of carbonyl (C=O) groups is 2. The average molecular weight is 329 g/mol. The van der Waals surface area contributed by atoms with E-state index < -0.39 is 17.9 Å². The van der Waals surface area contributed by atoms with Gasteiger partial charge in [0, 0.05) is 29.7 Å². The standard InChI is InChI=1S/C16H18ClFO4/c1-10(16(20)11-5-7-21-8-6-11)22-15(19)9-12-13(17)3-2-4-14(12)18/h2-4,10-11H,5-9H2,1H3. The van der Waals surface area contributed by atoms with Gasteiger partial charge in [0.2, 0.25) is 0 Å². The van der Waals surface area contributed by atoms with Gasteiger partial charge in [0.05, 0.1) is 6.42 Å². The maximum atomic E-state index is 13.6. The number of hydrogen-bond acceptors (Lipinski definition) is 4. The zero-order valence-electron chi connectivity index (χ0n) is 12.3. The molecule has 2 rings (SSSR count). The second-order valence-corrected chi connectivity index (χ2v) is 5.71. The molecule has 6 heteroatoms. The second-order valence-electron chi connectivity index (χ2n) is 5.30. The highest BCUT2D eigenvalue weighted by molar-refractivity contribution is 6.31. The van der Waals surface area contributed by atoms with Crippen LogP contribution in [0, 0.1) is 11.7 Å². The minimum absolute atomic E-state index is 0.0832. The molecular formula is C16H18ClFO4. The van der Waals surface area contributed by atoms with Gasteiger partial charge in [-0.2, -0.15) is 0 Å². The number of rotatable bonds is 5. The van der Waals surface area contributed by atoms with Gasteiger partial charge in [-0.15, -0.1) is 0 Å². The summed E-state index contributed by atoms with van der Waals surface area (Å²) in [5, 5.41) is 0.167. The Morgan fingerprint density at radius 3 is 2.73 bits per heavy atom. The number of Topliss-reactive ketones (excluding diaryl/α,β-unsaturated/α-hetero) is 1. The maximum absolute atomic E-state index is 13.6. The fraction of sp³-hybridized carbons (Fsp3) is 0.500. The molecule has 1 heterocycles. The van der Waals surface area contributed by atoms with Crippen LogP contribution in [0.2, 0.25) is 5.02 Å². The van der Waals surface area contributed by atoms with Gasteiger partial charge in [0.15, 0.2) is 11.9 Å². The van der Waals surface area contributed by atoms with Gasteiger partial charge in [-0.1, -0.05) is 17.7 Å². The van der Waals surface area contributed by atoms with Crippen molar-refractivity contribution in [1.82, 2.24) is 0 Å². The van der Waals surface area contributed by atoms with Gasteiger partial charge < -0.3 is 9.47 Å². The van der Waals surface area contributed by atoms with Crippen LogP contribution in [-0.2, 0) is 25.5 Å². The van der Waals surface area contributed by atoms with Gasteiger partial charge in [-0.3, -0.25) is 9.59 Å². The van der Waals surface area contributed by atoms with Crippen molar-refractivity contribution in [2.24, 2.45) is 5.92 Å². The minimum atomic E-state index is -0.846. The van der Waals surface area contributed by atoms with E-state index in [4.69, 9.17) is 21.1 Å². The highest BCUT2D eigenvalue weighted by Crippen LogP contribution is 2.21. The SMILES string of the molecule is CC(OC(=O)Cc1c(F)cccc1Cl)C(=O)C1CCOCC1. The number of carbonyl (C=O) groups excluding carboxylic acids is 2. The number of benzene rings is 1. The summed E-state index contributed by atoms with van der Waals surface area (Å²) in [5.74, 6) is -1.49. The Morgan fingerprint density at radius 1 is 1.41 bits per heavy atom. The molecule has 0 aliphatic carbocycles. The van der Waals surface area contributed by atoms with Crippen molar-refractivity contribution >= 4 is 23.4 Å². The van der Waals surface area contributed by atoms with Crippen LogP contribution in [0.3, 0.4) is 0 Å². The third kappa shape index (κ3) is 4.27. The fourth-order valence-corrected chi connectivity index (χ4v) is 2.69. The molecule has 0 N–H and O–H groups in total. The second kappa shape index (κ2) is 7.70. The monoisotopic (exact) mass is 328 g/mol. The average Bonchev–Trinajstić information content (AvgIpc) is 2.51. The van der Waals surface area contributed by atoms with E-state index >= 15 is 0 Å². The lowest BCUT2D eigenvalue weighted by Gasteiger charge is -2.23. The number of ether oxygens (including phenoxy) is 2. The van der Waals surface area contributed by atoms with Gasteiger partial charge in [-0.05, 0) is 31.9 Å². The molecule has 1 unspecified atom stereocenters. The third-order valence-corrected chi connectivity index (χ3v) is 4.07. The van der Waals surface area contributed by atoms with E-state index in [-0.39, 0.29) is 28.7 Å². The number of hydrogen-bond donors (Lipinski definition) is 0. The number of esters is 1. The van der Waals surface area contributed by atoms with Gasteiger partial charge in [0.1, 0.15) is 5.82 Å². The predicted octanol–water partition coefficient (Wildman–Crippen LogP) is 2.95. The molecule has 1 aliphatic heterocycles. The van der Waals surface area contributed by atoms with E-state index in [0.29, 0.717) is 26.1 Å². The van der Waals surface area contributed by atoms with E-state index in [1.165, 1.54) is 18.2 Å². The zero-order chi connectivity index (χ0) is 16.1. The van der Waals surface area contributed by atoms with Crippen molar-refractivity contribution in [3.05, 3.63) is 34.6 Å². The summed E-state index contributed by atoms with van der Waals surface area (Å²) in [4.78, 5) is 24.1. The Morgan fingerprint density at radius 2 is 2.09 bits per heavy atom. The Kier molecular flexibility index (Phi) is 5.91. The highest BCUT2D eigenvalue weighted by Gasteiger charge is 2.28. The molecule has 1 atom stereocenters. The van der Waals surface area contributed by atoms with Gasteiger partial charge in [-0.25, -0.2) is 4.39 Å². The van der Waals surface area contributed by atoms with Crippen LogP contribution >= 0.6 is 11.6 Å². The Labute approximate surface area is 133 Å². The first-order chi connectivity index (χ1) is 10.5. The molecule has 1 aliphatic rings. The third-order valence-electron chi connectivity index (χ3n) is 3.72. The van der Waals surface area contributed by atoms with Gasteiger partial charge in [0.25, 0.3) is 0 Å². The largest absolute Gasteiger partial charge is 0.454 e. The van der Waals surface area contributed by atoms with Crippen LogP contribution in [0.4, 0.5) is 4.39 Å². The van der Waals surface area contributed by atoms with Crippen LogP contribution in [0.5, 0.6) is 0 Å². The van der Waals surface area contributed by atoms with Crippen molar-refractivity contribution in [3.63, 3.8) is 0 Å². The van der Waals surface area contributed by atoms with E-state index in [2.05, 4.69) is 0 Å². The first-order valence-corrected chi connectivity index (χ1v) is 7.60. The topological polar surface area (TPSA) is 52.6 Å². The molecule has 0 radical (unpaired) electrons. The lowest BCUT2D eigenvalue weighted by molar-refractivity contribution is -0.155. The highest BCUT2D eigenvalue weighted by atomic mass is 35.5. The maximum Gasteiger partial charge on any atom is 0.311 e. The fourth-order valence-electron chi connectivity index (χ4n) is 2.46. The first kappa shape index (κ1) is 16.9. The molecule has 22 heavy (non-hydrogen) atoms. The molecule has 0 amide bonds. The smallest absolute Gasteiger partial charge is 0.311 e. The quantitative estimate of drug-likeness (QED) is 0.780. The van der Waals surface area contributed by atoms with E-state index in [9.17, 15) is 14.0 Å². The summed E-state index contributed by atoms with van der Waals surface area (Å²) < 4.78 is 23.9. The molecular weight excluding hydrogens is 311 g/mol. The van der Waals surface area contributed by atoms with Crippen molar-refractivity contribution < 1.29 is 23.5 Å². The summed E-state index contributed by atoms with van der Waals surface area (Å²) in [6.07, 6.45) is 0.137. The van der Waals surface area contributed by atoms with Crippen LogP contribution in [-0.4, -0.2) is 31.1 Å². The van der Waals surface area contributed by atoms with E-state index in [0.717, 1.165) is 0 Å². The van der Waals surface area contributed by atoms with Crippen LogP contribution in [0.1, 0.15) is 25.3 Å². The summed E-state index contributed by atoms with van der Waals surface area (Å²) >= 11 is 5.87. The molecule has 4 nitrogen and oxygen atoms in total. The Bertz CT molecular complexity index is 535. The van der Waals surface area contributed by atoms with Crippen molar-refractivity contribution in [1.29, 1.82) is 0 Å². The summed E-state index contributed by atoms with van der Waals surface area (Å²) in [6.45, 7) is 2.63. The van der Waals surface area contributed by atoms with Gasteiger partial charge >= 0.3 is 5.97 Å². The number of ketones is 1. The normalized spacial score (nSPS) is 17.0. The molecule has 1 fully saturated rings. The molecule has 1 aromatic carbocycles. The summed E-state index contributed by atoms with van der Waals surface area (Å²) in [7, 11) is 0. The predicted molar refractivity (Wildman–Crippen MR) is 79.2 cm³/mol. The number of halogens is 2. The summed E-state index contributed by atoms with van der Waals surface area (Å²) in [5.41, 5.74) is 0.0832. The Balaban J connectivity index is 1.92. The minimum Gasteiger partial charge on any atom is -0.454 e. The van der Waals surface area contributed by atoms with Crippen LogP contribution in [0.15, 0.2) is 18.2 Å². The van der Waals surface area contributed by atoms with Crippen molar-refractivity contribution in [3.8, 4) is 0 Å². The van der Waals surface area contributed by atoms with Crippen molar-refractivity contribution in [2.75, 3.05) is 13.2 Å². The van der Waals surface area contributed by atoms with E-state index in [1.54, 1.807) is 6.92 Å². The first-order valence-electron chi connectivity index (χ1n) is 7.23. The molecule has 1 saturated heterocycles. The lowest BCUT2D eigenvalue weighted by atomic mass is 9.93. The van der Waals surface area contributed by atoms with Crippen molar-refractivity contribution in [2.45, 2.75) is 32.3 Å². The summed E-state index contributed by atoms with van der Waals surface area (Å²) in [6, 6.07) is 4.19. The molecule has 0 aromatic heterocycles. The molecule has 1 aromatic rings. The van der Waals surface area contributed by atoms with E-state index in [1.807, 2.05) is 0 Å². The lowest BCUT2D eigenvalue weighted by Crippen LogP contribution is -2.34. The van der Waals surface area contributed by atoms with Crippen LogP contribution in [0.25, 0.3) is 0 Å².